The molecule has 2 amide bonds. The molecule has 0 radical (unpaired) electrons. The van der Waals surface area contributed by atoms with Crippen molar-refractivity contribution in [2.45, 2.75) is 19.1 Å². The van der Waals surface area contributed by atoms with Crippen molar-refractivity contribution in [2.75, 3.05) is 26.2 Å². The van der Waals surface area contributed by atoms with Crippen molar-refractivity contribution in [3.05, 3.63) is 71.2 Å². The zero-order valence-electron chi connectivity index (χ0n) is 18.6. The van der Waals surface area contributed by atoms with Crippen LogP contribution in [-0.2, 0) is 29.7 Å². The summed E-state index contributed by atoms with van der Waals surface area (Å²) in [6.45, 7) is 3.41. The third-order valence-corrected chi connectivity index (χ3v) is 8.07. The number of thiophene rings is 1. The summed E-state index contributed by atoms with van der Waals surface area (Å²) in [6.07, 6.45) is 0. The Balaban J connectivity index is 1.20. The molecule has 33 heavy (non-hydrogen) atoms. The van der Waals surface area contributed by atoms with Gasteiger partial charge < -0.3 is 14.4 Å². The third-order valence-electron chi connectivity index (χ3n) is 6.97. The fourth-order valence-electron chi connectivity index (χ4n) is 5.20. The van der Waals surface area contributed by atoms with Gasteiger partial charge in [-0.05, 0) is 35.0 Å². The lowest BCUT2D eigenvalue weighted by Crippen LogP contribution is -2.66. The molecule has 2 aromatic carbocycles. The van der Waals surface area contributed by atoms with E-state index in [9.17, 15) is 9.59 Å². The minimum atomic E-state index is -0.399. The Morgan fingerprint density at radius 2 is 1.73 bits per heavy atom. The van der Waals surface area contributed by atoms with E-state index in [1.807, 2.05) is 12.1 Å². The Labute approximate surface area is 196 Å². The maximum Gasteiger partial charge on any atom is 0.247 e. The molecular formula is C26H26N4O2S. The van der Waals surface area contributed by atoms with Gasteiger partial charge in [0.05, 0.1) is 6.54 Å². The van der Waals surface area contributed by atoms with Crippen LogP contribution in [0.15, 0.2) is 60.7 Å². The number of aryl methyl sites for hydroxylation is 1. The van der Waals surface area contributed by atoms with E-state index >= 15 is 0 Å². The number of benzene rings is 2. The highest BCUT2D eigenvalue weighted by molar-refractivity contribution is 7.19. The van der Waals surface area contributed by atoms with E-state index in [-0.39, 0.29) is 18.4 Å². The van der Waals surface area contributed by atoms with Gasteiger partial charge in [0.25, 0.3) is 0 Å². The summed E-state index contributed by atoms with van der Waals surface area (Å²) >= 11 is 1.70. The highest BCUT2D eigenvalue weighted by Crippen LogP contribution is 2.28. The summed E-state index contributed by atoms with van der Waals surface area (Å²) in [5.41, 5.74) is 2.44. The first-order chi connectivity index (χ1) is 16.1. The largest absolute Gasteiger partial charge is 0.346 e. The van der Waals surface area contributed by atoms with Crippen molar-refractivity contribution in [1.82, 2.24) is 19.3 Å². The van der Waals surface area contributed by atoms with Gasteiger partial charge in [0.1, 0.15) is 12.6 Å². The number of nitrogens with zero attached hydrogens (tertiary/aromatic N) is 4. The number of amides is 2. The predicted octanol–water partition coefficient (Wildman–Crippen LogP) is 3.45. The van der Waals surface area contributed by atoms with Gasteiger partial charge in [-0.1, -0.05) is 36.4 Å². The first kappa shape index (κ1) is 20.4. The molecule has 4 heterocycles. The van der Waals surface area contributed by atoms with E-state index in [0.29, 0.717) is 19.6 Å². The number of rotatable bonds is 4. The molecule has 0 saturated carbocycles. The molecule has 168 valence electrons. The fraction of sp³-hybridized carbons (Fsp3) is 0.308. The van der Waals surface area contributed by atoms with Crippen molar-refractivity contribution in [1.29, 1.82) is 0 Å². The second-order valence-electron chi connectivity index (χ2n) is 9.04. The molecule has 2 saturated heterocycles. The van der Waals surface area contributed by atoms with Gasteiger partial charge in [-0.2, -0.15) is 0 Å². The summed E-state index contributed by atoms with van der Waals surface area (Å²) < 4.78 is 3.44. The standard InChI is InChI=1S/C26H26N4O2S/c1-27-20(12-18-6-2-4-8-22(18)27)14-28-10-11-30-23(16-28)26(32)29(17-25(30)31)15-21-13-19-7-3-5-9-24(19)33-21/h2-9,12-13,23H,10-11,14-17H2,1H3. The van der Waals surface area contributed by atoms with Crippen LogP contribution in [0.25, 0.3) is 21.0 Å². The average Bonchev–Trinajstić information content (AvgIpc) is 3.37. The van der Waals surface area contributed by atoms with Crippen LogP contribution in [-0.4, -0.2) is 63.3 Å². The summed E-state index contributed by atoms with van der Waals surface area (Å²) in [4.78, 5) is 33.3. The summed E-state index contributed by atoms with van der Waals surface area (Å²) in [6, 6.07) is 20.6. The smallest absolute Gasteiger partial charge is 0.247 e. The predicted molar refractivity (Wildman–Crippen MR) is 131 cm³/mol. The molecule has 6 rings (SSSR count). The fourth-order valence-corrected chi connectivity index (χ4v) is 6.28. The number of hydrogen-bond donors (Lipinski definition) is 0. The molecule has 7 heteroatoms. The van der Waals surface area contributed by atoms with Crippen LogP contribution in [0.4, 0.5) is 0 Å². The monoisotopic (exact) mass is 458 g/mol. The van der Waals surface area contributed by atoms with Crippen LogP contribution in [0, 0.1) is 0 Å². The van der Waals surface area contributed by atoms with Gasteiger partial charge >= 0.3 is 0 Å². The maximum absolute atomic E-state index is 13.4. The second kappa shape index (κ2) is 8.01. The highest BCUT2D eigenvalue weighted by Gasteiger charge is 2.42. The molecule has 2 fully saturated rings. The van der Waals surface area contributed by atoms with E-state index in [0.717, 1.165) is 18.0 Å². The average molecular weight is 459 g/mol. The molecule has 4 aromatic rings. The molecule has 6 nitrogen and oxygen atoms in total. The molecular weight excluding hydrogens is 432 g/mol. The topological polar surface area (TPSA) is 48.8 Å². The molecule has 1 atom stereocenters. The van der Waals surface area contributed by atoms with E-state index in [1.165, 1.54) is 26.7 Å². The first-order valence-electron chi connectivity index (χ1n) is 11.4. The van der Waals surface area contributed by atoms with Crippen molar-refractivity contribution in [3.63, 3.8) is 0 Å². The third kappa shape index (κ3) is 3.61. The van der Waals surface area contributed by atoms with Crippen molar-refractivity contribution in [2.24, 2.45) is 7.05 Å². The minimum Gasteiger partial charge on any atom is -0.346 e. The molecule has 2 aromatic heterocycles. The van der Waals surface area contributed by atoms with Crippen molar-refractivity contribution in [3.8, 4) is 0 Å². The van der Waals surface area contributed by atoms with Gasteiger partial charge in [0.15, 0.2) is 0 Å². The van der Waals surface area contributed by atoms with Crippen LogP contribution >= 0.6 is 11.3 Å². The Morgan fingerprint density at radius 1 is 0.939 bits per heavy atom. The van der Waals surface area contributed by atoms with E-state index in [4.69, 9.17) is 0 Å². The van der Waals surface area contributed by atoms with E-state index in [1.54, 1.807) is 21.1 Å². The number of aromatic nitrogens is 1. The Kier molecular flexibility index (Phi) is 4.96. The molecule has 0 bridgehead atoms. The van der Waals surface area contributed by atoms with Crippen LogP contribution in [0.3, 0.4) is 0 Å². The van der Waals surface area contributed by atoms with Crippen molar-refractivity contribution < 1.29 is 9.59 Å². The number of piperazine rings is 2. The summed E-state index contributed by atoms with van der Waals surface area (Å²) in [5, 5.41) is 2.42. The van der Waals surface area contributed by atoms with Crippen LogP contribution < -0.4 is 0 Å². The molecule has 2 aliphatic heterocycles. The van der Waals surface area contributed by atoms with Gasteiger partial charge in [0, 0.05) is 54.0 Å². The summed E-state index contributed by atoms with van der Waals surface area (Å²) in [5.74, 6) is 0.124. The lowest BCUT2D eigenvalue weighted by atomic mass is 10.1. The second-order valence-corrected chi connectivity index (χ2v) is 10.2. The molecule has 2 aliphatic rings. The van der Waals surface area contributed by atoms with Crippen LogP contribution in [0.5, 0.6) is 0 Å². The Morgan fingerprint density at radius 3 is 2.55 bits per heavy atom. The number of carbonyl (C=O) groups is 2. The molecule has 1 unspecified atom stereocenters. The van der Waals surface area contributed by atoms with Gasteiger partial charge in [-0.15, -0.1) is 11.3 Å². The minimum absolute atomic E-state index is 0.0602. The molecule has 0 spiro atoms. The SMILES string of the molecule is Cn1c(CN2CCN3C(=O)CN(Cc4cc5ccccc5s4)C(=O)C3C2)cc2ccccc21. The van der Waals surface area contributed by atoms with Crippen LogP contribution in [0.2, 0.25) is 0 Å². The lowest BCUT2D eigenvalue weighted by Gasteiger charge is -2.46. The van der Waals surface area contributed by atoms with Gasteiger partial charge in [-0.3, -0.25) is 14.5 Å². The van der Waals surface area contributed by atoms with Crippen LogP contribution in [0.1, 0.15) is 10.6 Å². The Hall–Kier alpha value is -3.16. The number of hydrogen-bond acceptors (Lipinski definition) is 4. The van der Waals surface area contributed by atoms with Gasteiger partial charge in [0.2, 0.25) is 11.8 Å². The first-order valence-corrected chi connectivity index (χ1v) is 12.2. The molecule has 0 N–H and O–H groups in total. The number of fused-ring (bicyclic) bond motifs is 3. The lowest BCUT2D eigenvalue weighted by molar-refractivity contribution is -0.160. The van der Waals surface area contributed by atoms with E-state index in [2.05, 4.69) is 65.0 Å². The highest BCUT2D eigenvalue weighted by atomic mass is 32.1. The van der Waals surface area contributed by atoms with E-state index < -0.39 is 6.04 Å². The Bertz CT molecular complexity index is 1340. The van der Waals surface area contributed by atoms with Crippen molar-refractivity contribution >= 4 is 44.1 Å². The number of carbonyl (C=O) groups excluding carboxylic acids is 2. The zero-order chi connectivity index (χ0) is 22.5. The zero-order valence-corrected chi connectivity index (χ0v) is 19.4. The van der Waals surface area contributed by atoms with Gasteiger partial charge in [-0.25, -0.2) is 0 Å². The quantitative estimate of drug-likeness (QED) is 0.471. The molecule has 0 aliphatic carbocycles. The normalized spacial score (nSPS) is 19.6. The number of para-hydroxylation sites is 1. The summed E-state index contributed by atoms with van der Waals surface area (Å²) in [7, 11) is 2.09. The maximum atomic E-state index is 13.4.